The molecule has 0 aliphatic carbocycles. The molecule has 0 aromatic carbocycles. The van der Waals surface area contributed by atoms with E-state index in [1.165, 1.54) is 5.56 Å². The molecule has 0 atom stereocenters. The first-order chi connectivity index (χ1) is 8.29. The first kappa shape index (κ1) is 11.9. The lowest BCUT2D eigenvalue weighted by atomic mass is 10.3. The molecule has 2 aromatic rings. The zero-order chi connectivity index (χ0) is 12.1. The van der Waals surface area contributed by atoms with E-state index < -0.39 is 0 Å². The van der Waals surface area contributed by atoms with E-state index in [0.29, 0.717) is 5.95 Å². The first-order valence-electron chi connectivity index (χ1n) is 6.07. The standard InChI is InChI=1S/C12H19N5/c1-3-6-13-7-8-14-12-15-11-5-4-10(2)9-17(11)16-12/h4-5,9,13H,3,6-8H2,1-2H3,(H,14,16). The average Bonchev–Trinajstić information content (AvgIpc) is 2.70. The van der Waals surface area contributed by atoms with Crippen LogP contribution in [-0.2, 0) is 0 Å². The molecule has 0 saturated carbocycles. The number of fused-ring (bicyclic) bond motifs is 1. The zero-order valence-electron chi connectivity index (χ0n) is 10.4. The smallest absolute Gasteiger partial charge is 0.243 e. The van der Waals surface area contributed by atoms with Crippen molar-refractivity contribution in [1.82, 2.24) is 19.9 Å². The summed E-state index contributed by atoms with van der Waals surface area (Å²) in [5, 5.41) is 10.9. The number of nitrogens with one attached hydrogen (secondary N) is 2. The van der Waals surface area contributed by atoms with Crippen LogP contribution in [0.25, 0.3) is 5.65 Å². The van der Waals surface area contributed by atoms with Crippen molar-refractivity contribution in [2.45, 2.75) is 20.3 Å². The van der Waals surface area contributed by atoms with Crippen molar-refractivity contribution in [3.63, 3.8) is 0 Å². The van der Waals surface area contributed by atoms with E-state index in [0.717, 1.165) is 31.7 Å². The van der Waals surface area contributed by atoms with Crippen LogP contribution in [-0.4, -0.2) is 34.2 Å². The van der Waals surface area contributed by atoms with Gasteiger partial charge in [0, 0.05) is 19.3 Å². The van der Waals surface area contributed by atoms with Crippen LogP contribution in [0.5, 0.6) is 0 Å². The second kappa shape index (κ2) is 5.63. The van der Waals surface area contributed by atoms with Crippen LogP contribution < -0.4 is 10.6 Å². The molecule has 2 heterocycles. The van der Waals surface area contributed by atoms with E-state index in [1.807, 2.05) is 25.3 Å². The number of nitrogens with zero attached hydrogens (tertiary/aromatic N) is 3. The van der Waals surface area contributed by atoms with Gasteiger partial charge >= 0.3 is 0 Å². The normalized spacial score (nSPS) is 10.9. The SMILES string of the molecule is CCCNCCNc1nc2ccc(C)cn2n1. The van der Waals surface area contributed by atoms with Crippen molar-refractivity contribution >= 4 is 11.6 Å². The number of aryl methyl sites for hydroxylation is 1. The average molecular weight is 233 g/mol. The summed E-state index contributed by atoms with van der Waals surface area (Å²) in [6.45, 7) is 7.03. The fraction of sp³-hybridized carbons (Fsp3) is 0.500. The molecular weight excluding hydrogens is 214 g/mol. The number of aromatic nitrogens is 3. The zero-order valence-corrected chi connectivity index (χ0v) is 10.4. The number of pyridine rings is 1. The lowest BCUT2D eigenvalue weighted by Crippen LogP contribution is -2.23. The summed E-state index contributed by atoms with van der Waals surface area (Å²) in [6, 6.07) is 4.01. The Morgan fingerprint density at radius 3 is 2.94 bits per heavy atom. The molecule has 5 heteroatoms. The summed E-state index contributed by atoms with van der Waals surface area (Å²) in [5.74, 6) is 0.689. The van der Waals surface area contributed by atoms with Crippen molar-refractivity contribution in [1.29, 1.82) is 0 Å². The fourth-order valence-corrected chi connectivity index (χ4v) is 1.63. The Labute approximate surface area is 101 Å². The molecule has 0 fully saturated rings. The van der Waals surface area contributed by atoms with Crippen molar-refractivity contribution in [2.24, 2.45) is 0 Å². The third-order valence-corrected chi connectivity index (χ3v) is 2.49. The van der Waals surface area contributed by atoms with Gasteiger partial charge in [0.15, 0.2) is 5.65 Å². The third-order valence-electron chi connectivity index (χ3n) is 2.49. The summed E-state index contributed by atoms with van der Waals surface area (Å²) in [7, 11) is 0. The van der Waals surface area contributed by atoms with E-state index >= 15 is 0 Å². The Morgan fingerprint density at radius 1 is 1.24 bits per heavy atom. The molecule has 0 spiro atoms. The van der Waals surface area contributed by atoms with Crippen LogP contribution >= 0.6 is 0 Å². The molecule has 0 aliphatic heterocycles. The van der Waals surface area contributed by atoms with Gasteiger partial charge in [-0.15, -0.1) is 5.10 Å². The van der Waals surface area contributed by atoms with Gasteiger partial charge in [0.2, 0.25) is 5.95 Å². The minimum absolute atomic E-state index is 0.689. The molecular formula is C12H19N5. The summed E-state index contributed by atoms with van der Waals surface area (Å²) < 4.78 is 1.80. The van der Waals surface area contributed by atoms with E-state index in [2.05, 4.69) is 27.6 Å². The van der Waals surface area contributed by atoms with E-state index in [9.17, 15) is 0 Å². The number of rotatable bonds is 6. The van der Waals surface area contributed by atoms with Gasteiger partial charge in [0.1, 0.15) is 0 Å². The molecule has 0 saturated heterocycles. The van der Waals surface area contributed by atoms with Crippen LogP contribution in [0.15, 0.2) is 18.3 Å². The minimum atomic E-state index is 0.689. The van der Waals surface area contributed by atoms with Gasteiger partial charge in [0.05, 0.1) is 0 Å². The highest BCUT2D eigenvalue weighted by atomic mass is 15.3. The van der Waals surface area contributed by atoms with Gasteiger partial charge in [-0.05, 0) is 31.5 Å². The summed E-state index contributed by atoms with van der Waals surface area (Å²) in [5.41, 5.74) is 2.05. The largest absolute Gasteiger partial charge is 0.352 e. The Morgan fingerprint density at radius 2 is 2.12 bits per heavy atom. The van der Waals surface area contributed by atoms with E-state index in [4.69, 9.17) is 0 Å². The lowest BCUT2D eigenvalue weighted by molar-refractivity contribution is 0.686. The molecule has 5 nitrogen and oxygen atoms in total. The highest BCUT2D eigenvalue weighted by Gasteiger charge is 2.01. The lowest BCUT2D eigenvalue weighted by Gasteiger charge is -2.02. The van der Waals surface area contributed by atoms with Crippen molar-refractivity contribution in [2.75, 3.05) is 25.0 Å². The van der Waals surface area contributed by atoms with Gasteiger partial charge in [0.25, 0.3) is 0 Å². The minimum Gasteiger partial charge on any atom is -0.352 e. The fourth-order valence-electron chi connectivity index (χ4n) is 1.63. The predicted octanol–water partition coefficient (Wildman–Crippen LogP) is 1.45. The molecule has 0 unspecified atom stereocenters. The molecule has 0 aliphatic rings. The Kier molecular flexibility index (Phi) is 3.93. The summed E-state index contributed by atoms with van der Waals surface area (Å²) in [6.07, 6.45) is 3.13. The van der Waals surface area contributed by atoms with Gasteiger partial charge in [-0.1, -0.05) is 13.0 Å². The molecule has 2 aromatic heterocycles. The molecule has 17 heavy (non-hydrogen) atoms. The monoisotopic (exact) mass is 233 g/mol. The predicted molar refractivity (Wildman–Crippen MR) is 69.4 cm³/mol. The van der Waals surface area contributed by atoms with Crippen molar-refractivity contribution in [3.8, 4) is 0 Å². The molecule has 2 rings (SSSR count). The van der Waals surface area contributed by atoms with Gasteiger partial charge in [-0.3, -0.25) is 0 Å². The van der Waals surface area contributed by atoms with E-state index in [-0.39, 0.29) is 0 Å². The first-order valence-corrected chi connectivity index (χ1v) is 6.07. The quantitative estimate of drug-likeness (QED) is 0.741. The van der Waals surface area contributed by atoms with E-state index in [1.54, 1.807) is 4.52 Å². The maximum absolute atomic E-state index is 4.38. The van der Waals surface area contributed by atoms with Crippen molar-refractivity contribution in [3.05, 3.63) is 23.9 Å². The van der Waals surface area contributed by atoms with Gasteiger partial charge < -0.3 is 10.6 Å². The number of hydrogen-bond acceptors (Lipinski definition) is 4. The van der Waals surface area contributed by atoms with Crippen LogP contribution in [0.1, 0.15) is 18.9 Å². The second-order valence-corrected chi connectivity index (χ2v) is 4.12. The molecule has 0 bridgehead atoms. The third kappa shape index (κ3) is 3.17. The Bertz CT molecular complexity index is 477. The van der Waals surface area contributed by atoms with Crippen LogP contribution in [0.2, 0.25) is 0 Å². The number of anilines is 1. The van der Waals surface area contributed by atoms with Crippen LogP contribution in [0.3, 0.4) is 0 Å². The molecule has 0 radical (unpaired) electrons. The topological polar surface area (TPSA) is 54.2 Å². The Balaban J connectivity index is 1.91. The Hall–Kier alpha value is -1.62. The maximum atomic E-state index is 4.38. The highest BCUT2D eigenvalue weighted by Crippen LogP contribution is 2.06. The van der Waals surface area contributed by atoms with Crippen LogP contribution in [0, 0.1) is 6.92 Å². The molecule has 0 amide bonds. The maximum Gasteiger partial charge on any atom is 0.243 e. The summed E-state index contributed by atoms with van der Waals surface area (Å²) >= 11 is 0. The van der Waals surface area contributed by atoms with Gasteiger partial charge in [-0.25, -0.2) is 4.52 Å². The second-order valence-electron chi connectivity index (χ2n) is 4.12. The van der Waals surface area contributed by atoms with Crippen LogP contribution in [0.4, 0.5) is 5.95 Å². The highest BCUT2D eigenvalue weighted by molar-refractivity contribution is 5.44. The molecule has 92 valence electrons. The summed E-state index contributed by atoms with van der Waals surface area (Å²) in [4.78, 5) is 4.38. The number of hydrogen-bond donors (Lipinski definition) is 2. The van der Waals surface area contributed by atoms with Gasteiger partial charge in [-0.2, -0.15) is 4.98 Å². The van der Waals surface area contributed by atoms with Crippen molar-refractivity contribution < 1.29 is 0 Å². The molecule has 2 N–H and O–H groups in total.